The number of fused-ring (bicyclic) bond motifs is 1. The summed E-state index contributed by atoms with van der Waals surface area (Å²) in [5.41, 5.74) is 1.96. The van der Waals surface area contributed by atoms with Crippen LogP contribution in [0.3, 0.4) is 0 Å². The van der Waals surface area contributed by atoms with Gasteiger partial charge in [-0.25, -0.2) is 4.79 Å². The molecule has 2 heterocycles. The predicted octanol–water partition coefficient (Wildman–Crippen LogP) is 4.75. The van der Waals surface area contributed by atoms with Gasteiger partial charge in [-0.2, -0.15) is 11.8 Å². The second-order valence-corrected chi connectivity index (χ2v) is 12.2. The van der Waals surface area contributed by atoms with Gasteiger partial charge in [-0.3, -0.25) is 19.5 Å². The number of rotatable bonds is 15. The number of hydrogen-bond donors (Lipinski definition) is 2. The first-order valence-corrected chi connectivity index (χ1v) is 16.3. The van der Waals surface area contributed by atoms with Crippen molar-refractivity contribution in [2.45, 2.75) is 57.8 Å². The number of benzene rings is 2. The van der Waals surface area contributed by atoms with Gasteiger partial charge in [0.25, 0.3) is 0 Å². The van der Waals surface area contributed by atoms with Gasteiger partial charge in [-0.15, -0.1) is 12.4 Å². The van der Waals surface area contributed by atoms with Crippen molar-refractivity contribution in [1.29, 1.82) is 0 Å². The highest BCUT2D eigenvalue weighted by Crippen LogP contribution is 2.23. The molecule has 1 saturated heterocycles. The highest BCUT2D eigenvalue weighted by atomic mass is 35.5. The van der Waals surface area contributed by atoms with Gasteiger partial charge < -0.3 is 20.3 Å². The molecule has 2 atom stereocenters. The van der Waals surface area contributed by atoms with Crippen LogP contribution in [0.5, 0.6) is 0 Å². The van der Waals surface area contributed by atoms with E-state index < -0.39 is 12.0 Å². The quantitative estimate of drug-likeness (QED) is 0.229. The normalized spacial score (nSPS) is 15.2. The van der Waals surface area contributed by atoms with Crippen molar-refractivity contribution in [2.75, 3.05) is 43.5 Å². The maximum Gasteiger partial charge on any atom is 0.328 e. The molecule has 1 aromatic heterocycles. The third kappa shape index (κ3) is 10.4. The van der Waals surface area contributed by atoms with Crippen LogP contribution in [0, 0.1) is 0 Å². The molecule has 1 fully saturated rings. The fourth-order valence-electron chi connectivity index (χ4n) is 5.50. The minimum absolute atomic E-state index is 0. The molecule has 4 rings (SSSR count). The highest BCUT2D eigenvalue weighted by molar-refractivity contribution is 7.98. The average molecular weight is 642 g/mol. The Hall–Kier alpha value is -3.34. The summed E-state index contributed by atoms with van der Waals surface area (Å²) < 4.78 is 5.43. The fourth-order valence-corrected chi connectivity index (χ4v) is 5.97. The summed E-state index contributed by atoms with van der Waals surface area (Å²) in [7, 11) is 0. The van der Waals surface area contributed by atoms with Crippen LogP contribution in [0.4, 0.5) is 5.69 Å². The molecule has 0 bridgehead atoms. The zero-order valence-electron chi connectivity index (χ0n) is 25.7. The van der Waals surface area contributed by atoms with E-state index in [1.54, 1.807) is 38.0 Å². The number of likely N-dealkylation sites (tertiary alicyclic amines) is 1. The van der Waals surface area contributed by atoms with E-state index in [9.17, 15) is 14.4 Å². The summed E-state index contributed by atoms with van der Waals surface area (Å²) >= 11 is 1.62. The van der Waals surface area contributed by atoms with Crippen molar-refractivity contribution in [1.82, 2.24) is 20.1 Å². The summed E-state index contributed by atoms with van der Waals surface area (Å²) in [6.45, 7) is 5.67. The lowest BCUT2D eigenvalue weighted by atomic mass is 10.0. The topological polar surface area (TPSA) is 104 Å². The lowest BCUT2D eigenvalue weighted by Gasteiger charge is -2.31. The molecule has 238 valence electrons. The number of carbonyl (C=O) groups excluding carboxylic acids is 3. The number of carbonyl (C=O) groups is 3. The molecular formula is C33H44ClN5O4S. The van der Waals surface area contributed by atoms with Gasteiger partial charge in [0.1, 0.15) is 6.04 Å². The molecule has 2 aromatic carbocycles. The highest BCUT2D eigenvalue weighted by Gasteiger charge is 2.31. The second-order valence-electron chi connectivity index (χ2n) is 11.2. The Labute approximate surface area is 270 Å². The average Bonchev–Trinajstić information content (AvgIpc) is 3.46. The maximum absolute atomic E-state index is 13.5. The van der Waals surface area contributed by atoms with Gasteiger partial charge in [0.2, 0.25) is 11.8 Å². The first kappa shape index (κ1) is 35.1. The first-order valence-electron chi connectivity index (χ1n) is 14.9. The van der Waals surface area contributed by atoms with E-state index in [0.29, 0.717) is 26.1 Å². The number of amides is 2. The molecule has 2 N–H and O–H groups in total. The van der Waals surface area contributed by atoms with Gasteiger partial charge in [0.05, 0.1) is 19.2 Å². The molecule has 2 amide bonds. The first-order chi connectivity index (χ1) is 20.8. The number of ether oxygens (including phenoxy) is 1. The molecule has 1 aliphatic heterocycles. The van der Waals surface area contributed by atoms with Gasteiger partial charge in [-0.1, -0.05) is 42.5 Å². The Kier molecular flexibility index (Phi) is 14.2. The largest absolute Gasteiger partial charge is 0.461 e. The van der Waals surface area contributed by atoms with Crippen LogP contribution in [0.25, 0.3) is 10.8 Å². The van der Waals surface area contributed by atoms with Crippen molar-refractivity contribution in [3.8, 4) is 0 Å². The van der Waals surface area contributed by atoms with Crippen LogP contribution in [0.15, 0.2) is 67.0 Å². The van der Waals surface area contributed by atoms with Crippen molar-refractivity contribution in [3.05, 3.63) is 72.6 Å². The third-order valence-corrected chi connectivity index (χ3v) is 8.16. The van der Waals surface area contributed by atoms with Crippen molar-refractivity contribution >= 4 is 58.4 Å². The number of thioether (sulfide) groups is 1. The van der Waals surface area contributed by atoms with Gasteiger partial charge in [0.15, 0.2) is 0 Å². The zero-order chi connectivity index (χ0) is 30.6. The van der Waals surface area contributed by atoms with Crippen LogP contribution in [0.1, 0.15) is 38.7 Å². The molecule has 11 heteroatoms. The SMILES string of the molecule is CSCC[C@H](NC(=O)CN(Cc1cccc2ccccc12)C[C@@H]1CCCN1C(=O)CNc1ccncc1)C(=O)OC(C)C.Cl. The minimum atomic E-state index is -0.703. The lowest BCUT2D eigenvalue weighted by molar-refractivity contribution is -0.151. The van der Waals surface area contributed by atoms with E-state index in [1.807, 2.05) is 41.5 Å². The zero-order valence-corrected chi connectivity index (χ0v) is 27.4. The van der Waals surface area contributed by atoms with Crippen molar-refractivity contribution < 1.29 is 19.1 Å². The molecule has 0 radical (unpaired) electrons. The van der Waals surface area contributed by atoms with Crippen LogP contribution >= 0.6 is 24.2 Å². The monoisotopic (exact) mass is 641 g/mol. The number of aromatic nitrogens is 1. The molecule has 0 saturated carbocycles. The molecule has 0 aliphatic carbocycles. The van der Waals surface area contributed by atoms with E-state index in [-0.39, 0.29) is 49.5 Å². The summed E-state index contributed by atoms with van der Waals surface area (Å²) in [6.07, 6.45) is 7.37. The summed E-state index contributed by atoms with van der Waals surface area (Å²) in [4.78, 5) is 47.6. The lowest BCUT2D eigenvalue weighted by Crippen LogP contribution is -2.50. The van der Waals surface area contributed by atoms with Crippen LogP contribution < -0.4 is 10.6 Å². The minimum Gasteiger partial charge on any atom is -0.461 e. The van der Waals surface area contributed by atoms with E-state index >= 15 is 0 Å². The van der Waals surface area contributed by atoms with Crippen molar-refractivity contribution in [2.24, 2.45) is 0 Å². The Morgan fingerprint density at radius 2 is 1.84 bits per heavy atom. The number of anilines is 1. The number of nitrogens with one attached hydrogen (secondary N) is 2. The molecule has 3 aromatic rings. The predicted molar refractivity (Wildman–Crippen MR) is 180 cm³/mol. The van der Waals surface area contributed by atoms with Gasteiger partial charge >= 0.3 is 5.97 Å². The molecule has 1 aliphatic rings. The van der Waals surface area contributed by atoms with Gasteiger partial charge in [-0.05, 0) is 73.6 Å². The maximum atomic E-state index is 13.5. The molecular weight excluding hydrogens is 598 g/mol. The molecule has 0 spiro atoms. The van der Waals surface area contributed by atoms with E-state index in [4.69, 9.17) is 4.74 Å². The number of halogens is 1. The molecule has 44 heavy (non-hydrogen) atoms. The molecule has 9 nitrogen and oxygen atoms in total. The summed E-state index contributed by atoms with van der Waals surface area (Å²) in [6, 6.07) is 17.4. The Morgan fingerprint density at radius 3 is 2.59 bits per heavy atom. The third-order valence-electron chi connectivity index (χ3n) is 7.51. The smallest absolute Gasteiger partial charge is 0.328 e. The Morgan fingerprint density at radius 1 is 1.09 bits per heavy atom. The number of pyridine rings is 1. The van der Waals surface area contributed by atoms with E-state index in [1.165, 1.54) is 0 Å². The Bertz CT molecular complexity index is 1360. The van der Waals surface area contributed by atoms with Crippen LogP contribution in [-0.4, -0.2) is 88.9 Å². The summed E-state index contributed by atoms with van der Waals surface area (Å²) in [5.74, 6) is 0.113. The number of nitrogens with zero attached hydrogens (tertiary/aromatic N) is 3. The van der Waals surface area contributed by atoms with E-state index in [0.717, 1.165) is 40.6 Å². The molecule has 0 unspecified atom stereocenters. The van der Waals surface area contributed by atoms with Crippen LogP contribution in [-0.2, 0) is 25.7 Å². The summed E-state index contributed by atoms with van der Waals surface area (Å²) in [5, 5.41) is 8.41. The fraction of sp³-hybridized carbons (Fsp3) is 0.455. The second kappa shape index (κ2) is 17.8. The number of esters is 1. The number of hydrogen-bond acceptors (Lipinski definition) is 8. The van der Waals surface area contributed by atoms with Crippen molar-refractivity contribution in [3.63, 3.8) is 0 Å². The van der Waals surface area contributed by atoms with Crippen LogP contribution in [0.2, 0.25) is 0 Å². The standard InChI is InChI=1S/C33H43N5O4S.ClH/c1-24(2)42-33(41)30(15-19-43-3)36-31(39)23-37(21-26-10-6-9-25-8-4-5-12-29(25)26)22-28-11-7-18-38(28)32(40)20-35-27-13-16-34-17-14-27;/h4-6,8-10,12-14,16-17,24,28,30H,7,11,15,18-23H2,1-3H3,(H,34,35)(H,36,39);1H/t28-,30-;/m0./s1. The van der Waals surface area contributed by atoms with E-state index in [2.05, 4.69) is 44.8 Å². The Balaban J connectivity index is 0.00000529. The van der Waals surface area contributed by atoms with Gasteiger partial charge in [0, 0.05) is 43.8 Å².